The fourth-order valence-electron chi connectivity index (χ4n) is 3.31. The van der Waals surface area contributed by atoms with E-state index in [1.807, 2.05) is 54.3 Å². The van der Waals surface area contributed by atoms with Gasteiger partial charge in [0.05, 0.1) is 16.9 Å². The highest BCUT2D eigenvalue weighted by molar-refractivity contribution is 6.33. The number of aryl methyl sites for hydroxylation is 1. The molecule has 1 aliphatic heterocycles. The molecule has 25 heavy (non-hydrogen) atoms. The number of halogens is 1. The molecule has 1 amide bonds. The molecule has 0 fully saturated rings. The highest BCUT2D eigenvalue weighted by Gasteiger charge is 2.27. The summed E-state index contributed by atoms with van der Waals surface area (Å²) in [6.07, 6.45) is 0.866. The summed E-state index contributed by atoms with van der Waals surface area (Å²) in [5.41, 5.74) is 4.50. The summed E-state index contributed by atoms with van der Waals surface area (Å²) in [5.74, 6) is -0.0563. The number of carbonyl (C=O) groups is 1. The number of carbonyl (C=O) groups excluding carboxylic acids is 1. The van der Waals surface area contributed by atoms with Gasteiger partial charge in [-0.2, -0.15) is 5.10 Å². The summed E-state index contributed by atoms with van der Waals surface area (Å²) in [6.45, 7) is 3.14. The molecule has 3 aromatic rings. The van der Waals surface area contributed by atoms with E-state index in [0.717, 1.165) is 12.1 Å². The standard InChI is InChI=1S/C20H18ClN3O/c1-14-18(19(21)24(22-14)17-9-3-2-4-10-17)20(25)23-12-11-15-7-5-6-8-16(15)13-23/h2-10H,11-13H2,1H3. The molecule has 0 atom stereocenters. The zero-order valence-electron chi connectivity index (χ0n) is 13.9. The first-order valence-corrected chi connectivity index (χ1v) is 8.69. The second-order valence-electron chi connectivity index (χ2n) is 6.24. The van der Waals surface area contributed by atoms with Crippen LogP contribution in [-0.4, -0.2) is 27.1 Å². The number of para-hydroxylation sites is 1. The van der Waals surface area contributed by atoms with Crippen molar-refractivity contribution in [1.29, 1.82) is 0 Å². The van der Waals surface area contributed by atoms with Gasteiger partial charge in [-0.25, -0.2) is 4.68 Å². The second kappa shape index (κ2) is 6.37. The van der Waals surface area contributed by atoms with Crippen LogP contribution >= 0.6 is 11.6 Å². The van der Waals surface area contributed by atoms with Crippen molar-refractivity contribution in [2.75, 3.05) is 6.54 Å². The van der Waals surface area contributed by atoms with Gasteiger partial charge in [0.1, 0.15) is 5.15 Å². The van der Waals surface area contributed by atoms with Gasteiger partial charge in [0.15, 0.2) is 0 Å². The molecule has 0 N–H and O–H groups in total. The summed E-state index contributed by atoms with van der Waals surface area (Å²) in [4.78, 5) is 14.9. The molecule has 5 heteroatoms. The lowest BCUT2D eigenvalue weighted by Gasteiger charge is -2.28. The van der Waals surface area contributed by atoms with Crippen LogP contribution in [0.2, 0.25) is 5.15 Å². The van der Waals surface area contributed by atoms with Crippen molar-refractivity contribution in [2.24, 2.45) is 0 Å². The minimum Gasteiger partial charge on any atom is -0.334 e. The van der Waals surface area contributed by atoms with Gasteiger partial charge in [0.2, 0.25) is 0 Å². The van der Waals surface area contributed by atoms with E-state index >= 15 is 0 Å². The lowest BCUT2D eigenvalue weighted by atomic mass is 9.99. The smallest absolute Gasteiger partial charge is 0.259 e. The van der Waals surface area contributed by atoms with Gasteiger partial charge >= 0.3 is 0 Å². The third kappa shape index (κ3) is 2.83. The predicted molar refractivity (Wildman–Crippen MR) is 98.2 cm³/mol. The van der Waals surface area contributed by atoms with E-state index in [2.05, 4.69) is 17.2 Å². The number of hydrogen-bond acceptors (Lipinski definition) is 2. The SMILES string of the molecule is Cc1nn(-c2ccccc2)c(Cl)c1C(=O)N1CCc2ccccc2C1. The Kier molecular flexibility index (Phi) is 4.06. The van der Waals surface area contributed by atoms with Crippen molar-refractivity contribution >= 4 is 17.5 Å². The van der Waals surface area contributed by atoms with Crippen LogP contribution in [-0.2, 0) is 13.0 Å². The van der Waals surface area contributed by atoms with Crippen molar-refractivity contribution < 1.29 is 4.79 Å². The number of nitrogens with zero attached hydrogens (tertiary/aromatic N) is 3. The molecule has 0 saturated carbocycles. The number of benzene rings is 2. The third-order valence-electron chi connectivity index (χ3n) is 4.64. The molecule has 2 aromatic carbocycles. The number of fused-ring (bicyclic) bond motifs is 1. The predicted octanol–water partition coefficient (Wildman–Crippen LogP) is 4.03. The van der Waals surface area contributed by atoms with Gasteiger partial charge in [0.25, 0.3) is 5.91 Å². The van der Waals surface area contributed by atoms with Crippen LogP contribution in [0.15, 0.2) is 54.6 Å². The van der Waals surface area contributed by atoms with E-state index in [1.165, 1.54) is 11.1 Å². The van der Waals surface area contributed by atoms with Crippen molar-refractivity contribution in [3.8, 4) is 5.69 Å². The Labute approximate surface area is 151 Å². The van der Waals surface area contributed by atoms with E-state index in [9.17, 15) is 4.79 Å². The van der Waals surface area contributed by atoms with Crippen molar-refractivity contribution in [1.82, 2.24) is 14.7 Å². The highest BCUT2D eigenvalue weighted by Crippen LogP contribution is 2.27. The maximum absolute atomic E-state index is 13.1. The first kappa shape index (κ1) is 15.9. The van der Waals surface area contributed by atoms with Gasteiger partial charge in [-0.1, -0.05) is 54.1 Å². The summed E-state index contributed by atoms with van der Waals surface area (Å²) in [7, 11) is 0. The molecule has 2 heterocycles. The Morgan fingerprint density at radius 3 is 2.48 bits per heavy atom. The quantitative estimate of drug-likeness (QED) is 0.699. The van der Waals surface area contributed by atoms with E-state index in [1.54, 1.807) is 4.68 Å². The maximum Gasteiger partial charge on any atom is 0.259 e. The number of amides is 1. The second-order valence-corrected chi connectivity index (χ2v) is 6.60. The van der Waals surface area contributed by atoms with Gasteiger partial charge < -0.3 is 4.90 Å². The normalized spacial score (nSPS) is 13.6. The van der Waals surface area contributed by atoms with E-state index < -0.39 is 0 Å². The molecular formula is C20H18ClN3O. The van der Waals surface area contributed by atoms with Crippen molar-refractivity contribution in [2.45, 2.75) is 19.9 Å². The fraction of sp³-hybridized carbons (Fsp3) is 0.200. The topological polar surface area (TPSA) is 38.1 Å². The van der Waals surface area contributed by atoms with Crippen LogP contribution in [0.4, 0.5) is 0 Å². The number of hydrogen-bond donors (Lipinski definition) is 0. The van der Waals surface area contributed by atoms with Crippen LogP contribution in [0.3, 0.4) is 0 Å². The van der Waals surface area contributed by atoms with Crippen LogP contribution in [0, 0.1) is 6.92 Å². The summed E-state index contributed by atoms with van der Waals surface area (Å²) < 4.78 is 1.63. The third-order valence-corrected chi connectivity index (χ3v) is 4.99. The zero-order valence-corrected chi connectivity index (χ0v) is 14.7. The minimum atomic E-state index is -0.0563. The molecule has 0 bridgehead atoms. The molecule has 4 nitrogen and oxygen atoms in total. The van der Waals surface area contributed by atoms with Gasteiger partial charge in [-0.05, 0) is 36.6 Å². The molecule has 0 radical (unpaired) electrons. The van der Waals surface area contributed by atoms with E-state index in [0.29, 0.717) is 29.5 Å². The van der Waals surface area contributed by atoms with Gasteiger partial charge in [-0.3, -0.25) is 4.79 Å². The Bertz CT molecular complexity index is 933. The van der Waals surface area contributed by atoms with Crippen LogP contribution in [0.5, 0.6) is 0 Å². The van der Waals surface area contributed by atoms with Gasteiger partial charge in [0, 0.05) is 13.1 Å². The molecule has 126 valence electrons. The summed E-state index contributed by atoms with van der Waals surface area (Å²) in [5, 5.41) is 4.85. The largest absolute Gasteiger partial charge is 0.334 e. The van der Waals surface area contributed by atoms with E-state index in [4.69, 9.17) is 11.6 Å². The van der Waals surface area contributed by atoms with Crippen molar-refractivity contribution in [3.05, 3.63) is 82.1 Å². The monoisotopic (exact) mass is 351 g/mol. The Morgan fingerprint density at radius 1 is 1.04 bits per heavy atom. The van der Waals surface area contributed by atoms with Crippen LogP contribution < -0.4 is 0 Å². The minimum absolute atomic E-state index is 0.0563. The zero-order chi connectivity index (χ0) is 17.4. The number of rotatable bonds is 2. The number of aromatic nitrogens is 2. The Hall–Kier alpha value is -2.59. The first-order valence-electron chi connectivity index (χ1n) is 8.32. The highest BCUT2D eigenvalue weighted by atomic mass is 35.5. The molecule has 0 aliphatic carbocycles. The lowest BCUT2D eigenvalue weighted by molar-refractivity contribution is 0.0734. The van der Waals surface area contributed by atoms with Gasteiger partial charge in [-0.15, -0.1) is 0 Å². The van der Waals surface area contributed by atoms with E-state index in [-0.39, 0.29) is 5.91 Å². The molecule has 4 rings (SSSR count). The molecule has 1 aromatic heterocycles. The lowest BCUT2D eigenvalue weighted by Crippen LogP contribution is -2.36. The fourth-order valence-corrected chi connectivity index (χ4v) is 3.66. The Balaban J connectivity index is 1.67. The summed E-state index contributed by atoms with van der Waals surface area (Å²) in [6, 6.07) is 17.9. The van der Waals surface area contributed by atoms with Crippen LogP contribution in [0.25, 0.3) is 5.69 Å². The molecule has 0 spiro atoms. The average molecular weight is 352 g/mol. The summed E-state index contributed by atoms with van der Waals surface area (Å²) >= 11 is 6.53. The first-order chi connectivity index (χ1) is 12.1. The molecule has 0 saturated heterocycles. The molecule has 1 aliphatic rings. The Morgan fingerprint density at radius 2 is 1.72 bits per heavy atom. The maximum atomic E-state index is 13.1. The molecule has 0 unspecified atom stereocenters. The van der Waals surface area contributed by atoms with Crippen molar-refractivity contribution in [3.63, 3.8) is 0 Å². The average Bonchev–Trinajstić information content (AvgIpc) is 2.95. The molecular weight excluding hydrogens is 334 g/mol. The van der Waals surface area contributed by atoms with Crippen LogP contribution in [0.1, 0.15) is 27.2 Å².